The van der Waals surface area contributed by atoms with Gasteiger partial charge in [-0.1, -0.05) is 12.1 Å². The van der Waals surface area contributed by atoms with E-state index < -0.39 is 12.0 Å². The van der Waals surface area contributed by atoms with Crippen LogP contribution in [0.4, 0.5) is 0 Å². The molecule has 2 N–H and O–H groups in total. The zero-order valence-electron chi connectivity index (χ0n) is 12.3. The third kappa shape index (κ3) is 5.19. The number of methoxy groups -OCH3 is 2. The standard InChI is InChI=1S/C15H23NO4/c1-11(17)14(15(18)20-3)8-9-16-10-12-4-6-13(19-2)7-5-12/h4-7,11,14,16-17H,8-10H2,1-3H3/t11-,14+/m1/s1. The fraction of sp³-hybridized carbons (Fsp3) is 0.533. The number of carbonyl (C=O) groups is 1. The summed E-state index contributed by atoms with van der Waals surface area (Å²) < 4.78 is 9.77. The molecular weight excluding hydrogens is 258 g/mol. The first-order valence-electron chi connectivity index (χ1n) is 6.68. The average Bonchev–Trinajstić information content (AvgIpc) is 2.46. The molecule has 1 rings (SSSR count). The molecule has 5 nitrogen and oxygen atoms in total. The van der Waals surface area contributed by atoms with Gasteiger partial charge in [0, 0.05) is 6.54 Å². The summed E-state index contributed by atoms with van der Waals surface area (Å²) in [6.45, 7) is 2.94. The number of rotatable bonds is 8. The van der Waals surface area contributed by atoms with Crippen molar-refractivity contribution in [3.05, 3.63) is 29.8 Å². The van der Waals surface area contributed by atoms with Crippen LogP contribution in [0.1, 0.15) is 18.9 Å². The first kappa shape index (κ1) is 16.5. The topological polar surface area (TPSA) is 67.8 Å². The Bertz CT molecular complexity index is 403. The van der Waals surface area contributed by atoms with Crippen LogP contribution in [-0.2, 0) is 16.1 Å². The van der Waals surface area contributed by atoms with Crippen LogP contribution >= 0.6 is 0 Å². The first-order valence-corrected chi connectivity index (χ1v) is 6.68. The maximum atomic E-state index is 11.5. The molecule has 0 fully saturated rings. The van der Waals surface area contributed by atoms with Crippen LogP contribution < -0.4 is 10.1 Å². The highest BCUT2D eigenvalue weighted by Gasteiger charge is 2.23. The molecule has 0 radical (unpaired) electrons. The second-order valence-corrected chi connectivity index (χ2v) is 4.68. The van der Waals surface area contributed by atoms with Crippen LogP contribution in [0.15, 0.2) is 24.3 Å². The van der Waals surface area contributed by atoms with E-state index in [-0.39, 0.29) is 5.97 Å². The van der Waals surface area contributed by atoms with Gasteiger partial charge in [0.25, 0.3) is 0 Å². The number of benzene rings is 1. The Balaban J connectivity index is 2.34. The van der Waals surface area contributed by atoms with Gasteiger partial charge in [0.05, 0.1) is 26.2 Å². The van der Waals surface area contributed by atoms with E-state index in [4.69, 9.17) is 4.74 Å². The van der Waals surface area contributed by atoms with Crippen LogP contribution in [0.2, 0.25) is 0 Å². The Morgan fingerprint density at radius 3 is 2.45 bits per heavy atom. The molecule has 0 bridgehead atoms. The van der Waals surface area contributed by atoms with E-state index in [0.717, 1.165) is 11.3 Å². The van der Waals surface area contributed by atoms with Crippen LogP contribution in [-0.4, -0.2) is 37.9 Å². The van der Waals surface area contributed by atoms with Crippen molar-refractivity contribution in [2.45, 2.75) is 26.0 Å². The van der Waals surface area contributed by atoms with E-state index in [9.17, 15) is 9.90 Å². The smallest absolute Gasteiger partial charge is 0.311 e. The number of aliphatic hydroxyl groups excluding tert-OH is 1. The van der Waals surface area contributed by atoms with Crippen molar-refractivity contribution in [1.29, 1.82) is 0 Å². The van der Waals surface area contributed by atoms with Gasteiger partial charge in [-0.3, -0.25) is 4.79 Å². The quantitative estimate of drug-likeness (QED) is 0.556. The van der Waals surface area contributed by atoms with Crippen LogP contribution in [0, 0.1) is 5.92 Å². The van der Waals surface area contributed by atoms with Gasteiger partial charge in [-0.15, -0.1) is 0 Å². The fourth-order valence-corrected chi connectivity index (χ4v) is 1.94. The van der Waals surface area contributed by atoms with Crippen molar-refractivity contribution >= 4 is 5.97 Å². The molecule has 1 aromatic carbocycles. The largest absolute Gasteiger partial charge is 0.497 e. The fourth-order valence-electron chi connectivity index (χ4n) is 1.94. The molecule has 0 unspecified atom stereocenters. The maximum Gasteiger partial charge on any atom is 0.311 e. The highest BCUT2D eigenvalue weighted by atomic mass is 16.5. The molecule has 0 aliphatic rings. The number of carbonyl (C=O) groups excluding carboxylic acids is 1. The lowest BCUT2D eigenvalue weighted by molar-refractivity contribution is -0.149. The molecule has 0 spiro atoms. The molecule has 5 heteroatoms. The van der Waals surface area contributed by atoms with Crippen LogP contribution in [0.5, 0.6) is 5.75 Å². The summed E-state index contributed by atoms with van der Waals surface area (Å²) in [5.41, 5.74) is 1.14. The third-order valence-corrected chi connectivity index (χ3v) is 3.21. The Labute approximate surface area is 119 Å². The number of aliphatic hydroxyl groups is 1. The van der Waals surface area contributed by atoms with Crippen molar-refractivity contribution < 1.29 is 19.4 Å². The zero-order chi connectivity index (χ0) is 15.0. The minimum atomic E-state index is -0.703. The molecule has 0 heterocycles. The highest BCUT2D eigenvalue weighted by molar-refractivity contribution is 5.72. The first-order chi connectivity index (χ1) is 9.58. The van der Waals surface area contributed by atoms with E-state index in [0.29, 0.717) is 19.5 Å². The van der Waals surface area contributed by atoms with E-state index >= 15 is 0 Å². The molecule has 1 aromatic rings. The minimum absolute atomic E-state index is 0.369. The third-order valence-electron chi connectivity index (χ3n) is 3.21. The summed E-state index contributed by atoms with van der Waals surface area (Å²) in [7, 11) is 2.97. The van der Waals surface area contributed by atoms with Crippen molar-refractivity contribution in [2.75, 3.05) is 20.8 Å². The van der Waals surface area contributed by atoms with Gasteiger partial charge in [-0.05, 0) is 37.6 Å². The lowest BCUT2D eigenvalue weighted by atomic mass is 10.00. The minimum Gasteiger partial charge on any atom is -0.497 e. The number of esters is 1. The van der Waals surface area contributed by atoms with Crippen molar-refractivity contribution in [3.63, 3.8) is 0 Å². The lowest BCUT2D eigenvalue weighted by Gasteiger charge is -2.17. The lowest BCUT2D eigenvalue weighted by Crippen LogP contribution is -2.30. The van der Waals surface area contributed by atoms with Gasteiger partial charge in [-0.2, -0.15) is 0 Å². The SMILES string of the molecule is COC(=O)[C@@H](CCNCc1ccc(OC)cc1)[C@@H](C)O. The monoisotopic (exact) mass is 281 g/mol. The molecular formula is C15H23NO4. The van der Waals surface area contributed by atoms with E-state index in [1.54, 1.807) is 14.0 Å². The summed E-state index contributed by atoms with van der Waals surface area (Å²) in [4.78, 5) is 11.5. The van der Waals surface area contributed by atoms with Crippen molar-refractivity contribution in [1.82, 2.24) is 5.32 Å². The number of ether oxygens (including phenoxy) is 2. The second kappa shape index (κ2) is 8.55. The Morgan fingerprint density at radius 2 is 1.95 bits per heavy atom. The Kier molecular flexibility index (Phi) is 7.04. The van der Waals surface area contributed by atoms with Crippen molar-refractivity contribution in [2.24, 2.45) is 5.92 Å². The van der Waals surface area contributed by atoms with Gasteiger partial charge >= 0.3 is 5.97 Å². The van der Waals surface area contributed by atoms with Gasteiger partial charge in [0.1, 0.15) is 5.75 Å². The Morgan fingerprint density at radius 1 is 1.30 bits per heavy atom. The summed E-state index contributed by atoms with van der Waals surface area (Å²) in [5.74, 6) is -0.0248. The molecule has 0 aromatic heterocycles. The molecule has 0 aliphatic heterocycles. The van der Waals surface area contributed by atoms with Gasteiger partial charge in [0.2, 0.25) is 0 Å². The van der Waals surface area contributed by atoms with Crippen LogP contribution in [0.3, 0.4) is 0 Å². The normalized spacial score (nSPS) is 13.6. The molecule has 112 valence electrons. The molecule has 20 heavy (non-hydrogen) atoms. The van der Waals surface area contributed by atoms with Gasteiger partial charge in [0.15, 0.2) is 0 Å². The summed E-state index contributed by atoms with van der Waals surface area (Å²) >= 11 is 0. The van der Waals surface area contributed by atoms with Gasteiger partial charge in [-0.25, -0.2) is 0 Å². The molecule has 2 atom stereocenters. The van der Waals surface area contributed by atoms with Crippen LogP contribution in [0.25, 0.3) is 0 Å². The molecule has 0 aliphatic carbocycles. The average molecular weight is 281 g/mol. The number of nitrogens with one attached hydrogen (secondary N) is 1. The highest BCUT2D eigenvalue weighted by Crippen LogP contribution is 2.12. The number of hydrogen-bond donors (Lipinski definition) is 2. The molecule has 0 amide bonds. The van der Waals surface area contributed by atoms with E-state index in [1.165, 1.54) is 7.11 Å². The maximum absolute atomic E-state index is 11.5. The van der Waals surface area contributed by atoms with Crippen molar-refractivity contribution in [3.8, 4) is 5.75 Å². The zero-order valence-corrected chi connectivity index (χ0v) is 12.3. The van der Waals surface area contributed by atoms with E-state index in [2.05, 4.69) is 10.1 Å². The predicted molar refractivity (Wildman–Crippen MR) is 76.5 cm³/mol. The van der Waals surface area contributed by atoms with E-state index in [1.807, 2.05) is 24.3 Å². The predicted octanol–water partition coefficient (Wildman–Crippen LogP) is 1.34. The van der Waals surface area contributed by atoms with Gasteiger partial charge < -0.3 is 19.9 Å². The summed E-state index contributed by atoms with van der Waals surface area (Å²) in [5, 5.41) is 12.8. The summed E-state index contributed by atoms with van der Waals surface area (Å²) in [6.07, 6.45) is -0.161. The second-order valence-electron chi connectivity index (χ2n) is 4.68. The number of hydrogen-bond acceptors (Lipinski definition) is 5. The summed E-state index contributed by atoms with van der Waals surface area (Å²) in [6, 6.07) is 7.78. The molecule has 0 saturated heterocycles. The molecule has 0 saturated carbocycles. The Hall–Kier alpha value is -1.59.